The molecule has 7 heteroatoms. The van der Waals surface area contributed by atoms with Crippen molar-refractivity contribution in [2.75, 3.05) is 0 Å². The van der Waals surface area contributed by atoms with Crippen LogP contribution in [0.2, 0.25) is 5.15 Å². The molecule has 0 saturated carbocycles. The van der Waals surface area contributed by atoms with Crippen molar-refractivity contribution in [2.45, 2.75) is 6.92 Å². The fourth-order valence-electron chi connectivity index (χ4n) is 1.85. The maximum Gasteiger partial charge on any atom is 0.180 e. The van der Waals surface area contributed by atoms with E-state index in [1.54, 1.807) is 24.4 Å². The minimum Gasteiger partial charge on any atom is -0.293 e. The Kier molecular flexibility index (Phi) is 3.45. The summed E-state index contributed by atoms with van der Waals surface area (Å²) in [4.78, 5) is 15.9. The molecule has 0 N–H and O–H groups in total. The fourth-order valence-corrected chi connectivity index (χ4v) is 1.95. The lowest BCUT2D eigenvalue weighted by molar-refractivity contribution is 0.101. The first kappa shape index (κ1) is 13.4. The first-order valence-electron chi connectivity index (χ1n) is 6.17. The van der Waals surface area contributed by atoms with Gasteiger partial charge in [-0.3, -0.25) is 9.78 Å². The summed E-state index contributed by atoms with van der Waals surface area (Å²) in [5.41, 5.74) is 1.69. The Morgan fingerprint density at radius 3 is 2.67 bits per heavy atom. The Labute approximate surface area is 125 Å². The second-order valence-electron chi connectivity index (χ2n) is 4.31. The van der Waals surface area contributed by atoms with Gasteiger partial charge in [-0.2, -0.15) is 5.10 Å². The number of aromatic nitrogens is 5. The molecule has 3 aromatic heterocycles. The molecule has 0 amide bonds. The molecule has 3 aromatic rings. The lowest BCUT2D eigenvalue weighted by atomic mass is 10.2. The van der Waals surface area contributed by atoms with E-state index in [1.165, 1.54) is 11.6 Å². The predicted molar refractivity (Wildman–Crippen MR) is 77.4 cm³/mol. The maximum absolute atomic E-state index is 11.6. The Morgan fingerprint density at radius 2 is 2.05 bits per heavy atom. The van der Waals surface area contributed by atoms with E-state index in [0.29, 0.717) is 22.9 Å². The monoisotopic (exact) mass is 299 g/mol. The molecule has 0 atom stereocenters. The number of carbonyl (C=O) groups excluding carboxylic acids is 1. The molecule has 0 unspecified atom stereocenters. The summed E-state index contributed by atoms with van der Waals surface area (Å²) in [6.07, 6.45) is 1.67. The van der Waals surface area contributed by atoms with Crippen LogP contribution in [0.1, 0.15) is 17.4 Å². The third-order valence-electron chi connectivity index (χ3n) is 2.83. The average molecular weight is 300 g/mol. The molecule has 0 aliphatic heterocycles. The van der Waals surface area contributed by atoms with Gasteiger partial charge in [-0.25, -0.2) is 4.68 Å². The van der Waals surface area contributed by atoms with E-state index in [1.807, 2.05) is 18.2 Å². The molecule has 0 spiro atoms. The minimum absolute atomic E-state index is 0.132. The van der Waals surface area contributed by atoms with Gasteiger partial charge in [0, 0.05) is 13.1 Å². The zero-order chi connectivity index (χ0) is 14.8. The van der Waals surface area contributed by atoms with Gasteiger partial charge in [-0.15, -0.1) is 10.2 Å². The number of hydrogen-bond acceptors (Lipinski definition) is 5. The van der Waals surface area contributed by atoms with E-state index >= 15 is 0 Å². The lowest BCUT2D eigenvalue weighted by Crippen LogP contribution is -2.04. The number of halogens is 1. The number of ketones is 1. The van der Waals surface area contributed by atoms with Crippen LogP contribution in [0.15, 0.2) is 42.6 Å². The Morgan fingerprint density at radius 1 is 1.19 bits per heavy atom. The van der Waals surface area contributed by atoms with Crippen LogP contribution in [0.5, 0.6) is 0 Å². The molecule has 0 aliphatic rings. The van der Waals surface area contributed by atoms with Crippen LogP contribution in [0.25, 0.3) is 17.2 Å². The van der Waals surface area contributed by atoms with Crippen molar-refractivity contribution >= 4 is 17.4 Å². The van der Waals surface area contributed by atoms with Gasteiger partial charge >= 0.3 is 0 Å². The van der Waals surface area contributed by atoms with Crippen molar-refractivity contribution in [1.29, 1.82) is 0 Å². The molecule has 0 aliphatic carbocycles. The minimum atomic E-state index is -0.132. The fraction of sp³-hybridized carbons (Fsp3) is 0.0714. The van der Waals surface area contributed by atoms with Gasteiger partial charge in [0.1, 0.15) is 5.69 Å². The molecule has 0 aromatic carbocycles. The molecule has 3 heterocycles. The van der Waals surface area contributed by atoms with Crippen LogP contribution in [-0.2, 0) is 0 Å². The van der Waals surface area contributed by atoms with Crippen LogP contribution in [0.3, 0.4) is 0 Å². The van der Waals surface area contributed by atoms with E-state index in [9.17, 15) is 4.79 Å². The average Bonchev–Trinajstić information content (AvgIpc) is 2.94. The Hall–Kier alpha value is -2.60. The normalized spacial score (nSPS) is 10.6. The van der Waals surface area contributed by atoms with Gasteiger partial charge in [-0.1, -0.05) is 17.7 Å². The number of pyridine rings is 1. The molecule has 6 nitrogen and oxygen atoms in total. The van der Waals surface area contributed by atoms with Crippen molar-refractivity contribution in [2.24, 2.45) is 0 Å². The summed E-state index contributed by atoms with van der Waals surface area (Å²) in [7, 11) is 0. The van der Waals surface area contributed by atoms with Crippen LogP contribution >= 0.6 is 11.6 Å². The van der Waals surface area contributed by atoms with Gasteiger partial charge in [0.25, 0.3) is 0 Å². The summed E-state index contributed by atoms with van der Waals surface area (Å²) < 4.78 is 1.53. The highest BCUT2D eigenvalue weighted by atomic mass is 35.5. The quantitative estimate of drug-likeness (QED) is 0.695. The lowest BCUT2D eigenvalue weighted by Gasteiger charge is -2.04. The second-order valence-corrected chi connectivity index (χ2v) is 4.70. The number of nitrogens with zero attached hydrogens (tertiary/aromatic N) is 5. The molecule has 0 saturated heterocycles. The summed E-state index contributed by atoms with van der Waals surface area (Å²) in [6, 6.07) is 10.5. The highest BCUT2D eigenvalue weighted by molar-refractivity contribution is 6.29. The molecule has 21 heavy (non-hydrogen) atoms. The standard InChI is InChI=1S/C14H10ClN5O/c1-9(21)11-8-12(10-4-2-3-7-16-10)20(19-11)14-6-5-13(15)17-18-14/h2-8H,1H3. The van der Waals surface area contributed by atoms with Crippen molar-refractivity contribution in [1.82, 2.24) is 25.0 Å². The largest absolute Gasteiger partial charge is 0.293 e. The molecular formula is C14H10ClN5O. The highest BCUT2D eigenvalue weighted by Crippen LogP contribution is 2.21. The summed E-state index contributed by atoms with van der Waals surface area (Å²) in [5.74, 6) is 0.334. The van der Waals surface area contributed by atoms with Crippen LogP contribution < -0.4 is 0 Å². The first-order chi connectivity index (χ1) is 10.1. The molecule has 0 radical (unpaired) electrons. The molecule has 104 valence electrons. The summed E-state index contributed by atoms with van der Waals surface area (Å²) in [6.45, 7) is 1.46. The van der Waals surface area contributed by atoms with Crippen molar-refractivity contribution in [3.05, 3.63) is 53.4 Å². The van der Waals surface area contributed by atoms with Crippen molar-refractivity contribution in [3.63, 3.8) is 0 Å². The number of Topliss-reactive ketones (excluding diaryl/α,β-unsaturated/α-hetero) is 1. The zero-order valence-corrected chi connectivity index (χ0v) is 11.8. The van der Waals surface area contributed by atoms with Gasteiger partial charge in [0.2, 0.25) is 0 Å². The van der Waals surface area contributed by atoms with Crippen LogP contribution in [-0.4, -0.2) is 30.7 Å². The SMILES string of the molecule is CC(=O)c1cc(-c2ccccn2)n(-c2ccc(Cl)nn2)n1. The topological polar surface area (TPSA) is 73.6 Å². The smallest absolute Gasteiger partial charge is 0.180 e. The van der Waals surface area contributed by atoms with Crippen molar-refractivity contribution < 1.29 is 4.79 Å². The predicted octanol–water partition coefficient (Wildman–Crippen LogP) is 2.58. The summed E-state index contributed by atoms with van der Waals surface area (Å²) in [5, 5.41) is 12.3. The zero-order valence-electron chi connectivity index (χ0n) is 11.1. The molecule has 0 fully saturated rings. The van der Waals surface area contributed by atoms with Gasteiger partial charge in [0.05, 0.1) is 11.4 Å². The molecule has 3 rings (SSSR count). The van der Waals surface area contributed by atoms with Crippen molar-refractivity contribution in [3.8, 4) is 17.2 Å². The van der Waals surface area contributed by atoms with E-state index in [4.69, 9.17) is 11.6 Å². The van der Waals surface area contributed by atoms with Crippen LogP contribution in [0, 0.1) is 0 Å². The van der Waals surface area contributed by atoms with E-state index < -0.39 is 0 Å². The molecular weight excluding hydrogens is 290 g/mol. The summed E-state index contributed by atoms with van der Waals surface area (Å²) >= 11 is 5.74. The Bertz CT molecular complexity index is 783. The second kappa shape index (κ2) is 5.41. The van der Waals surface area contributed by atoms with E-state index in [-0.39, 0.29) is 10.9 Å². The highest BCUT2D eigenvalue weighted by Gasteiger charge is 2.15. The maximum atomic E-state index is 11.6. The van der Waals surface area contributed by atoms with E-state index in [0.717, 1.165) is 0 Å². The van der Waals surface area contributed by atoms with E-state index in [2.05, 4.69) is 20.3 Å². The number of hydrogen-bond donors (Lipinski definition) is 0. The first-order valence-corrected chi connectivity index (χ1v) is 6.55. The molecule has 0 bridgehead atoms. The van der Waals surface area contributed by atoms with Gasteiger partial charge < -0.3 is 0 Å². The number of carbonyl (C=O) groups is 1. The van der Waals surface area contributed by atoms with Gasteiger partial charge in [-0.05, 0) is 30.3 Å². The third-order valence-corrected chi connectivity index (χ3v) is 3.03. The Balaban J connectivity index is 2.19. The van der Waals surface area contributed by atoms with Crippen LogP contribution in [0.4, 0.5) is 0 Å². The van der Waals surface area contributed by atoms with Gasteiger partial charge in [0.15, 0.2) is 16.8 Å². The third kappa shape index (κ3) is 2.66. The number of rotatable bonds is 3.